The van der Waals surface area contributed by atoms with E-state index >= 15 is 0 Å². The van der Waals surface area contributed by atoms with Gasteiger partial charge in [-0.15, -0.1) is 0 Å². The molecule has 3 aromatic rings. The molecule has 0 radical (unpaired) electrons. The Morgan fingerprint density at radius 2 is 1.91 bits per heavy atom. The summed E-state index contributed by atoms with van der Waals surface area (Å²) in [5.41, 5.74) is 1.88. The van der Waals surface area contributed by atoms with Crippen molar-refractivity contribution in [2.75, 3.05) is 0 Å². The van der Waals surface area contributed by atoms with Crippen molar-refractivity contribution < 1.29 is 8.42 Å². The van der Waals surface area contributed by atoms with Gasteiger partial charge in [0, 0.05) is 37.4 Å². The number of nitrogens with zero attached hydrogens (tertiary/aromatic N) is 3. The van der Waals surface area contributed by atoms with E-state index in [9.17, 15) is 8.42 Å². The van der Waals surface area contributed by atoms with Crippen molar-refractivity contribution in [3.8, 4) is 5.69 Å². The molecular formula is C16H18N4O2S. The molecule has 0 aliphatic rings. The van der Waals surface area contributed by atoms with Gasteiger partial charge in [0.2, 0.25) is 10.0 Å². The van der Waals surface area contributed by atoms with Crippen molar-refractivity contribution in [1.82, 2.24) is 19.1 Å². The monoisotopic (exact) mass is 330 g/mol. The molecular weight excluding hydrogens is 312 g/mol. The van der Waals surface area contributed by atoms with Gasteiger partial charge in [0.15, 0.2) is 0 Å². The summed E-state index contributed by atoms with van der Waals surface area (Å²) in [5, 5.41) is 3.90. The van der Waals surface area contributed by atoms with Crippen LogP contribution >= 0.6 is 0 Å². The molecule has 1 aromatic carbocycles. The fourth-order valence-electron chi connectivity index (χ4n) is 2.37. The predicted molar refractivity (Wildman–Crippen MR) is 87.7 cm³/mol. The zero-order chi connectivity index (χ0) is 16.4. The lowest BCUT2D eigenvalue weighted by atomic mass is 10.1. The van der Waals surface area contributed by atoms with Crippen LogP contribution in [0.5, 0.6) is 0 Å². The van der Waals surface area contributed by atoms with Gasteiger partial charge in [0.05, 0.1) is 6.20 Å². The van der Waals surface area contributed by atoms with Crippen LogP contribution in [0.25, 0.3) is 5.69 Å². The first-order valence-electron chi connectivity index (χ1n) is 7.20. The van der Waals surface area contributed by atoms with Crippen LogP contribution in [0.4, 0.5) is 0 Å². The number of rotatable bonds is 5. The van der Waals surface area contributed by atoms with Gasteiger partial charge in [-0.25, -0.2) is 13.1 Å². The number of benzene rings is 1. The normalized spacial score (nSPS) is 13.1. The second-order valence-electron chi connectivity index (χ2n) is 5.38. The Labute approximate surface area is 135 Å². The molecule has 3 rings (SSSR count). The standard InChI is InChI=1S/C16H18N4O2S/c1-13(18-23(21,22)16-11-17-19(2)12-16)14-6-5-7-15(10-14)20-8-3-4-9-20/h3-13,18H,1-2H3. The maximum Gasteiger partial charge on any atom is 0.244 e. The molecule has 1 atom stereocenters. The molecule has 0 saturated heterocycles. The summed E-state index contributed by atoms with van der Waals surface area (Å²) in [6, 6.07) is 11.3. The zero-order valence-electron chi connectivity index (χ0n) is 12.9. The number of hydrogen-bond acceptors (Lipinski definition) is 3. The van der Waals surface area contributed by atoms with Crippen molar-refractivity contribution in [2.24, 2.45) is 7.05 Å². The molecule has 0 bridgehead atoms. The zero-order valence-corrected chi connectivity index (χ0v) is 13.7. The minimum Gasteiger partial charge on any atom is -0.324 e. The Morgan fingerprint density at radius 3 is 2.57 bits per heavy atom. The third kappa shape index (κ3) is 3.35. The molecule has 6 nitrogen and oxygen atoms in total. The summed E-state index contributed by atoms with van der Waals surface area (Å²) in [4.78, 5) is 0.161. The van der Waals surface area contributed by atoms with E-state index in [0.717, 1.165) is 11.3 Å². The van der Waals surface area contributed by atoms with E-state index in [2.05, 4.69) is 9.82 Å². The number of nitrogens with one attached hydrogen (secondary N) is 1. The van der Waals surface area contributed by atoms with E-state index in [0.29, 0.717) is 0 Å². The van der Waals surface area contributed by atoms with E-state index in [1.54, 1.807) is 7.05 Å². The highest BCUT2D eigenvalue weighted by Crippen LogP contribution is 2.19. The summed E-state index contributed by atoms with van der Waals surface area (Å²) in [6.07, 6.45) is 6.71. The van der Waals surface area contributed by atoms with E-state index in [1.807, 2.05) is 60.3 Å². The van der Waals surface area contributed by atoms with Crippen LogP contribution in [0.3, 0.4) is 0 Å². The quantitative estimate of drug-likeness (QED) is 0.780. The summed E-state index contributed by atoms with van der Waals surface area (Å²) >= 11 is 0. The van der Waals surface area contributed by atoms with E-state index < -0.39 is 10.0 Å². The average molecular weight is 330 g/mol. The van der Waals surface area contributed by atoms with Gasteiger partial charge in [0.1, 0.15) is 4.90 Å². The van der Waals surface area contributed by atoms with Crippen molar-refractivity contribution in [3.63, 3.8) is 0 Å². The van der Waals surface area contributed by atoms with E-state index in [1.165, 1.54) is 17.1 Å². The summed E-state index contributed by atoms with van der Waals surface area (Å²) in [7, 11) is -1.91. The number of aryl methyl sites for hydroxylation is 1. The second kappa shape index (κ2) is 6.02. The second-order valence-corrected chi connectivity index (χ2v) is 7.09. The molecule has 0 fully saturated rings. The Morgan fingerprint density at radius 1 is 1.17 bits per heavy atom. The van der Waals surface area contributed by atoms with Crippen LogP contribution < -0.4 is 4.72 Å². The molecule has 1 N–H and O–H groups in total. The summed E-state index contributed by atoms with van der Waals surface area (Å²) in [5.74, 6) is 0. The number of sulfonamides is 1. The van der Waals surface area contributed by atoms with Crippen molar-refractivity contribution in [2.45, 2.75) is 17.9 Å². The van der Waals surface area contributed by atoms with Crippen molar-refractivity contribution in [1.29, 1.82) is 0 Å². The van der Waals surface area contributed by atoms with Gasteiger partial charge < -0.3 is 4.57 Å². The third-order valence-electron chi connectivity index (χ3n) is 3.60. The maximum absolute atomic E-state index is 12.4. The summed E-state index contributed by atoms with van der Waals surface area (Å²) < 4.78 is 30.9. The molecule has 0 aliphatic carbocycles. The highest BCUT2D eigenvalue weighted by molar-refractivity contribution is 7.89. The summed E-state index contributed by atoms with van der Waals surface area (Å²) in [6.45, 7) is 1.82. The van der Waals surface area contributed by atoms with Gasteiger partial charge in [-0.3, -0.25) is 4.68 Å². The van der Waals surface area contributed by atoms with Gasteiger partial charge in [0.25, 0.3) is 0 Å². The molecule has 7 heteroatoms. The van der Waals surface area contributed by atoms with Crippen LogP contribution in [0.15, 0.2) is 66.1 Å². The van der Waals surface area contributed by atoms with Gasteiger partial charge in [-0.2, -0.15) is 5.10 Å². The molecule has 120 valence electrons. The molecule has 2 heterocycles. The SMILES string of the molecule is CC(NS(=O)(=O)c1cnn(C)c1)c1cccc(-n2cccc2)c1. The molecule has 23 heavy (non-hydrogen) atoms. The Kier molecular flexibility index (Phi) is 4.06. The van der Waals surface area contributed by atoms with Crippen LogP contribution in [0, 0.1) is 0 Å². The fourth-order valence-corrected chi connectivity index (χ4v) is 3.58. The average Bonchev–Trinajstić information content (AvgIpc) is 3.18. The van der Waals surface area contributed by atoms with Crippen LogP contribution in [-0.4, -0.2) is 22.8 Å². The van der Waals surface area contributed by atoms with Gasteiger partial charge in [-0.05, 0) is 36.8 Å². The molecule has 1 unspecified atom stereocenters. The smallest absolute Gasteiger partial charge is 0.244 e. The van der Waals surface area contributed by atoms with Crippen LogP contribution in [0.2, 0.25) is 0 Å². The Hall–Kier alpha value is -2.38. The number of hydrogen-bond donors (Lipinski definition) is 1. The van der Waals surface area contributed by atoms with Crippen molar-refractivity contribution >= 4 is 10.0 Å². The first-order valence-corrected chi connectivity index (χ1v) is 8.68. The van der Waals surface area contributed by atoms with Gasteiger partial charge >= 0.3 is 0 Å². The minimum atomic E-state index is -3.59. The van der Waals surface area contributed by atoms with E-state index in [4.69, 9.17) is 0 Å². The first-order chi connectivity index (χ1) is 11.0. The predicted octanol–water partition coefficient (Wildman–Crippen LogP) is 2.25. The lowest BCUT2D eigenvalue weighted by Crippen LogP contribution is -2.26. The van der Waals surface area contributed by atoms with Crippen LogP contribution in [0.1, 0.15) is 18.5 Å². The van der Waals surface area contributed by atoms with Crippen LogP contribution in [-0.2, 0) is 17.1 Å². The lowest BCUT2D eigenvalue weighted by molar-refractivity contribution is 0.566. The van der Waals surface area contributed by atoms with E-state index in [-0.39, 0.29) is 10.9 Å². The lowest BCUT2D eigenvalue weighted by Gasteiger charge is -2.15. The molecule has 0 saturated carbocycles. The third-order valence-corrected chi connectivity index (χ3v) is 5.09. The Bertz CT molecular complexity index is 898. The minimum absolute atomic E-state index is 0.161. The topological polar surface area (TPSA) is 68.9 Å². The molecule has 0 amide bonds. The van der Waals surface area contributed by atoms with Crippen molar-refractivity contribution in [3.05, 3.63) is 66.7 Å². The largest absolute Gasteiger partial charge is 0.324 e. The molecule has 0 aliphatic heterocycles. The molecule has 2 aromatic heterocycles. The highest BCUT2D eigenvalue weighted by atomic mass is 32.2. The molecule has 0 spiro atoms. The Balaban J connectivity index is 1.83. The number of aromatic nitrogens is 3. The fraction of sp³-hybridized carbons (Fsp3) is 0.188. The highest BCUT2D eigenvalue weighted by Gasteiger charge is 2.20. The van der Waals surface area contributed by atoms with Gasteiger partial charge in [-0.1, -0.05) is 12.1 Å². The first kappa shape index (κ1) is 15.5. The maximum atomic E-state index is 12.4.